The van der Waals surface area contributed by atoms with Gasteiger partial charge in [0.15, 0.2) is 0 Å². The van der Waals surface area contributed by atoms with Crippen LogP contribution in [0.4, 0.5) is 5.69 Å². The Balaban J connectivity index is 3.10. The molecule has 0 atom stereocenters. The van der Waals surface area contributed by atoms with E-state index in [1.807, 2.05) is 0 Å². The molecule has 1 rings (SSSR count). The quantitative estimate of drug-likeness (QED) is 0.727. The summed E-state index contributed by atoms with van der Waals surface area (Å²) >= 11 is 5.85. The van der Waals surface area contributed by atoms with E-state index in [1.165, 1.54) is 30.7 Å². The Labute approximate surface area is 124 Å². The van der Waals surface area contributed by atoms with E-state index in [4.69, 9.17) is 26.8 Å². The number of sulfonamides is 1. The van der Waals surface area contributed by atoms with Crippen LogP contribution < -0.4 is 5.73 Å². The molecule has 0 aromatic heterocycles. The van der Waals surface area contributed by atoms with Crippen LogP contribution in [0.25, 0.3) is 0 Å². The van der Waals surface area contributed by atoms with Crippen molar-refractivity contribution in [2.24, 2.45) is 0 Å². The van der Waals surface area contributed by atoms with Crippen molar-refractivity contribution < 1.29 is 17.9 Å². The Bertz CT molecular complexity index is 528. The maximum Gasteiger partial charge on any atom is 0.245 e. The van der Waals surface area contributed by atoms with Crippen molar-refractivity contribution >= 4 is 27.3 Å². The Morgan fingerprint density at radius 2 is 1.75 bits per heavy atom. The summed E-state index contributed by atoms with van der Waals surface area (Å²) in [7, 11) is -0.717. The number of ether oxygens (including phenoxy) is 2. The zero-order valence-electron chi connectivity index (χ0n) is 11.5. The molecule has 0 saturated carbocycles. The fraction of sp³-hybridized carbons (Fsp3) is 0.500. The van der Waals surface area contributed by atoms with Crippen molar-refractivity contribution in [1.82, 2.24) is 4.31 Å². The zero-order chi connectivity index (χ0) is 15.2. The maximum atomic E-state index is 12.6. The molecule has 0 aliphatic carbocycles. The monoisotopic (exact) mass is 322 g/mol. The van der Waals surface area contributed by atoms with Crippen LogP contribution in [0.3, 0.4) is 0 Å². The number of nitrogen functional groups attached to an aromatic ring is 1. The van der Waals surface area contributed by atoms with Gasteiger partial charge in [0.25, 0.3) is 0 Å². The zero-order valence-corrected chi connectivity index (χ0v) is 13.1. The smallest absolute Gasteiger partial charge is 0.245 e. The second-order valence-electron chi connectivity index (χ2n) is 4.07. The van der Waals surface area contributed by atoms with Crippen LogP contribution in [-0.2, 0) is 19.5 Å². The lowest BCUT2D eigenvalue weighted by atomic mass is 10.3. The van der Waals surface area contributed by atoms with Crippen LogP contribution in [0.1, 0.15) is 0 Å². The molecule has 2 N–H and O–H groups in total. The Morgan fingerprint density at radius 3 is 2.25 bits per heavy atom. The highest BCUT2D eigenvalue weighted by atomic mass is 35.5. The first-order chi connectivity index (χ1) is 9.43. The maximum absolute atomic E-state index is 12.6. The van der Waals surface area contributed by atoms with Crippen LogP contribution in [-0.4, -0.2) is 53.2 Å². The van der Waals surface area contributed by atoms with Gasteiger partial charge in [-0.1, -0.05) is 11.6 Å². The number of benzene rings is 1. The third-order valence-electron chi connectivity index (χ3n) is 2.68. The van der Waals surface area contributed by atoms with Crippen LogP contribution in [0.5, 0.6) is 0 Å². The highest BCUT2D eigenvalue weighted by molar-refractivity contribution is 7.89. The van der Waals surface area contributed by atoms with Gasteiger partial charge in [-0.2, -0.15) is 4.31 Å². The van der Waals surface area contributed by atoms with Gasteiger partial charge in [-0.3, -0.25) is 0 Å². The largest absolute Gasteiger partial charge is 0.398 e. The molecule has 0 heterocycles. The summed E-state index contributed by atoms with van der Waals surface area (Å²) in [4.78, 5) is -0.00259. The van der Waals surface area contributed by atoms with Crippen molar-refractivity contribution in [2.45, 2.75) is 4.90 Å². The number of anilines is 1. The van der Waals surface area contributed by atoms with E-state index in [0.717, 1.165) is 0 Å². The predicted octanol–water partition coefficient (Wildman–Crippen LogP) is 1.21. The Morgan fingerprint density at radius 1 is 1.20 bits per heavy atom. The molecule has 0 spiro atoms. The van der Waals surface area contributed by atoms with E-state index >= 15 is 0 Å². The minimum Gasteiger partial charge on any atom is -0.398 e. The van der Waals surface area contributed by atoms with Gasteiger partial charge >= 0.3 is 0 Å². The lowest BCUT2D eigenvalue weighted by Gasteiger charge is -2.22. The topological polar surface area (TPSA) is 81.9 Å². The van der Waals surface area contributed by atoms with Crippen molar-refractivity contribution in [1.29, 1.82) is 0 Å². The minimum atomic E-state index is -3.73. The van der Waals surface area contributed by atoms with Gasteiger partial charge in [0, 0.05) is 32.3 Å². The first kappa shape index (κ1) is 17.2. The number of hydrogen-bond acceptors (Lipinski definition) is 5. The Hall–Kier alpha value is -0.860. The number of halogens is 1. The first-order valence-corrected chi connectivity index (χ1v) is 7.78. The second-order valence-corrected chi connectivity index (χ2v) is 6.41. The minimum absolute atomic E-state index is 0.00259. The van der Waals surface area contributed by atoms with Gasteiger partial charge in [-0.05, 0) is 18.2 Å². The standard InChI is InChI=1S/C12H19ClN2O4S/c1-18-7-5-15(6-8-19-2)20(16,17)12-9-10(13)3-4-11(12)14/h3-4,9H,5-8,14H2,1-2H3. The van der Waals surface area contributed by atoms with E-state index in [-0.39, 0.29) is 36.9 Å². The number of methoxy groups -OCH3 is 2. The predicted molar refractivity (Wildman–Crippen MR) is 78.4 cm³/mol. The fourth-order valence-electron chi connectivity index (χ4n) is 1.61. The second kappa shape index (κ2) is 7.80. The summed E-state index contributed by atoms with van der Waals surface area (Å²) in [6.45, 7) is 0.995. The SMILES string of the molecule is COCCN(CCOC)S(=O)(=O)c1cc(Cl)ccc1N. The van der Waals surface area contributed by atoms with Crippen molar-refractivity contribution in [3.8, 4) is 0 Å². The molecule has 114 valence electrons. The van der Waals surface area contributed by atoms with E-state index in [9.17, 15) is 8.42 Å². The summed E-state index contributed by atoms with van der Waals surface area (Å²) in [6, 6.07) is 4.36. The van der Waals surface area contributed by atoms with Crippen LogP contribution >= 0.6 is 11.6 Å². The van der Waals surface area contributed by atoms with E-state index in [2.05, 4.69) is 0 Å². The van der Waals surface area contributed by atoms with Gasteiger partial charge in [0.05, 0.1) is 18.9 Å². The average Bonchev–Trinajstić information content (AvgIpc) is 2.41. The van der Waals surface area contributed by atoms with Crippen molar-refractivity contribution in [2.75, 3.05) is 46.3 Å². The van der Waals surface area contributed by atoms with Gasteiger partial charge < -0.3 is 15.2 Å². The molecular weight excluding hydrogens is 304 g/mol. The molecular formula is C12H19ClN2O4S. The molecule has 20 heavy (non-hydrogen) atoms. The van der Waals surface area contributed by atoms with E-state index < -0.39 is 10.0 Å². The summed E-state index contributed by atoms with van der Waals surface area (Å²) in [5.74, 6) is 0. The molecule has 1 aromatic rings. The summed E-state index contributed by atoms with van der Waals surface area (Å²) in [6.07, 6.45) is 0. The average molecular weight is 323 g/mol. The molecule has 6 nitrogen and oxygen atoms in total. The summed E-state index contributed by atoms with van der Waals surface area (Å²) in [5, 5.41) is 0.316. The van der Waals surface area contributed by atoms with Gasteiger partial charge in [0.1, 0.15) is 4.90 Å². The van der Waals surface area contributed by atoms with Crippen molar-refractivity contribution in [3.63, 3.8) is 0 Å². The third-order valence-corrected chi connectivity index (χ3v) is 4.87. The van der Waals surface area contributed by atoms with E-state index in [1.54, 1.807) is 6.07 Å². The molecule has 0 radical (unpaired) electrons. The van der Waals surface area contributed by atoms with Gasteiger partial charge in [0.2, 0.25) is 10.0 Å². The van der Waals surface area contributed by atoms with Gasteiger partial charge in [-0.25, -0.2) is 8.42 Å². The third kappa shape index (κ3) is 4.32. The first-order valence-electron chi connectivity index (χ1n) is 5.96. The van der Waals surface area contributed by atoms with Crippen LogP contribution in [0.2, 0.25) is 5.02 Å². The number of nitrogens with two attached hydrogens (primary N) is 1. The van der Waals surface area contributed by atoms with Gasteiger partial charge in [-0.15, -0.1) is 0 Å². The lowest BCUT2D eigenvalue weighted by molar-refractivity contribution is 0.150. The molecule has 0 aliphatic rings. The van der Waals surface area contributed by atoms with Crippen LogP contribution in [0, 0.1) is 0 Å². The lowest BCUT2D eigenvalue weighted by Crippen LogP contribution is -2.36. The molecule has 0 unspecified atom stereocenters. The number of rotatable bonds is 8. The van der Waals surface area contributed by atoms with Crippen LogP contribution in [0.15, 0.2) is 23.1 Å². The molecule has 0 aliphatic heterocycles. The highest BCUT2D eigenvalue weighted by Gasteiger charge is 2.26. The molecule has 0 bridgehead atoms. The number of hydrogen-bond donors (Lipinski definition) is 1. The Kier molecular flexibility index (Phi) is 6.70. The summed E-state index contributed by atoms with van der Waals surface area (Å²) < 4.78 is 36.3. The fourth-order valence-corrected chi connectivity index (χ4v) is 3.40. The normalized spacial score (nSPS) is 12.0. The van der Waals surface area contributed by atoms with E-state index in [0.29, 0.717) is 5.02 Å². The molecule has 0 amide bonds. The van der Waals surface area contributed by atoms with Crippen molar-refractivity contribution in [3.05, 3.63) is 23.2 Å². The molecule has 1 aromatic carbocycles. The highest BCUT2D eigenvalue weighted by Crippen LogP contribution is 2.25. The molecule has 0 saturated heterocycles. The summed E-state index contributed by atoms with van der Waals surface area (Å²) in [5.41, 5.74) is 5.91. The number of nitrogens with zero attached hydrogens (tertiary/aromatic N) is 1. The molecule has 0 fully saturated rings. The molecule has 8 heteroatoms.